The molecule has 1 aliphatic heterocycles. The molecule has 25 heavy (non-hydrogen) atoms. The third-order valence-corrected chi connectivity index (χ3v) is 4.10. The fourth-order valence-electron chi connectivity index (χ4n) is 2.82. The van der Waals surface area contributed by atoms with Crippen molar-refractivity contribution in [2.45, 2.75) is 32.8 Å². The van der Waals surface area contributed by atoms with Crippen molar-refractivity contribution in [2.75, 3.05) is 18.9 Å². The number of Topliss-reactive ketones (excluding diaryl/α,β-unsaturated/α-hetero) is 1. The number of ether oxygens (including phenoxy) is 3. The minimum Gasteiger partial charge on any atom is -0.486 e. The maximum Gasteiger partial charge on any atom is 0.203 e. The van der Waals surface area contributed by atoms with Crippen LogP contribution in [0.3, 0.4) is 0 Å². The van der Waals surface area contributed by atoms with Crippen LogP contribution in [0.1, 0.15) is 35.7 Å². The van der Waals surface area contributed by atoms with E-state index in [1.165, 1.54) is 0 Å². The first kappa shape index (κ1) is 17.1. The van der Waals surface area contributed by atoms with Gasteiger partial charge in [0, 0.05) is 5.56 Å². The van der Waals surface area contributed by atoms with E-state index in [1.54, 1.807) is 18.2 Å². The van der Waals surface area contributed by atoms with Gasteiger partial charge in [0.2, 0.25) is 5.78 Å². The topological polar surface area (TPSA) is 70.8 Å². The van der Waals surface area contributed by atoms with Crippen LogP contribution in [0.25, 0.3) is 0 Å². The Hall–Kier alpha value is -2.69. The highest BCUT2D eigenvalue weighted by Gasteiger charge is 2.24. The molecule has 0 radical (unpaired) electrons. The van der Waals surface area contributed by atoms with Crippen molar-refractivity contribution in [1.82, 2.24) is 0 Å². The van der Waals surface area contributed by atoms with Crippen LogP contribution in [-0.2, 0) is 0 Å². The third-order valence-electron chi connectivity index (χ3n) is 4.10. The summed E-state index contributed by atoms with van der Waals surface area (Å²) in [6, 6.07) is 10.8. The van der Waals surface area contributed by atoms with Crippen molar-refractivity contribution >= 4 is 11.5 Å². The Morgan fingerprint density at radius 2 is 1.92 bits per heavy atom. The molecule has 0 bridgehead atoms. The van der Waals surface area contributed by atoms with E-state index in [0.29, 0.717) is 48.1 Å². The summed E-state index contributed by atoms with van der Waals surface area (Å²) in [6.45, 7) is 4.99. The van der Waals surface area contributed by atoms with E-state index >= 15 is 0 Å². The van der Waals surface area contributed by atoms with Crippen molar-refractivity contribution < 1.29 is 19.0 Å². The van der Waals surface area contributed by atoms with E-state index in [-0.39, 0.29) is 5.78 Å². The number of carbonyl (C=O) groups excluding carboxylic acids is 1. The van der Waals surface area contributed by atoms with Crippen molar-refractivity contribution in [3.8, 4) is 17.2 Å². The summed E-state index contributed by atoms with van der Waals surface area (Å²) in [6.07, 6.45) is 0.852. The Bertz CT molecular complexity index is 772. The summed E-state index contributed by atoms with van der Waals surface area (Å²) in [5.41, 5.74) is 8.16. The molecule has 2 aromatic rings. The molecule has 0 saturated heterocycles. The lowest BCUT2D eigenvalue weighted by molar-refractivity contribution is 0.0777. The number of fused-ring (bicyclic) bond motifs is 1. The second kappa shape index (κ2) is 7.47. The van der Waals surface area contributed by atoms with Gasteiger partial charge < -0.3 is 19.9 Å². The molecule has 1 aliphatic rings. The van der Waals surface area contributed by atoms with Crippen LogP contribution >= 0.6 is 0 Å². The number of nitrogen functional groups attached to an aromatic ring is 1. The Labute approximate surface area is 147 Å². The van der Waals surface area contributed by atoms with E-state index in [9.17, 15) is 4.79 Å². The Morgan fingerprint density at radius 1 is 1.16 bits per heavy atom. The smallest absolute Gasteiger partial charge is 0.203 e. The molecule has 0 aromatic heterocycles. The molecule has 2 N–H and O–H groups in total. The Morgan fingerprint density at radius 3 is 2.64 bits per heavy atom. The van der Waals surface area contributed by atoms with Gasteiger partial charge in [-0.25, -0.2) is 0 Å². The number of nitrogens with two attached hydrogens (primary N) is 1. The average Bonchev–Trinajstić information content (AvgIpc) is 2.62. The lowest BCUT2D eigenvalue weighted by Crippen LogP contribution is -2.28. The zero-order valence-electron chi connectivity index (χ0n) is 14.6. The van der Waals surface area contributed by atoms with E-state index in [4.69, 9.17) is 19.9 Å². The van der Waals surface area contributed by atoms with Gasteiger partial charge in [-0.1, -0.05) is 19.4 Å². The minimum atomic E-state index is -0.586. The van der Waals surface area contributed by atoms with Crippen LogP contribution < -0.4 is 19.9 Å². The number of ketones is 1. The Balaban J connectivity index is 1.83. The molecule has 0 amide bonds. The van der Waals surface area contributed by atoms with Gasteiger partial charge in [-0.15, -0.1) is 0 Å². The fraction of sp³-hybridized carbons (Fsp3) is 0.350. The molecule has 0 fully saturated rings. The van der Waals surface area contributed by atoms with Crippen molar-refractivity contribution in [3.63, 3.8) is 0 Å². The highest BCUT2D eigenvalue weighted by Crippen LogP contribution is 2.32. The maximum atomic E-state index is 12.9. The van der Waals surface area contributed by atoms with Crippen LogP contribution in [0.2, 0.25) is 0 Å². The second-order valence-corrected chi connectivity index (χ2v) is 6.16. The number of rotatable bonds is 6. The van der Waals surface area contributed by atoms with E-state index in [2.05, 4.69) is 0 Å². The van der Waals surface area contributed by atoms with Gasteiger partial charge in [-0.05, 0) is 49.2 Å². The third kappa shape index (κ3) is 3.87. The van der Waals surface area contributed by atoms with Crippen LogP contribution in [-0.4, -0.2) is 25.1 Å². The zero-order valence-corrected chi connectivity index (χ0v) is 14.6. The molecule has 1 atom stereocenters. The minimum absolute atomic E-state index is 0.0844. The number of benzene rings is 2. The van der Waals surface area contributed by atoms with Crippen LogP contribution in [0.4, 0.5) is 5.69 Å². The van der Waals surface area contributed by atoms with Crippen LogP contribution in [0.5, 0.6) is 17.2 Å². The molecule has 0 spiro atoms. The predicted molar refractivity (Wildman–Crippen MR) is 96.7 cm³/mol. The van der Waals surface area contributed by atoms with Crippen LogP contribution in [0.15, 0.2) is 36.4 Å². The van der Waals surface area contributed by atoms with Gasteiger partial charge in [0.15, 0.2) is 17.6 Å². The average molecular weight is 341 g/mol. The molecule has 5 nitrogen and oxygen atoms in total. The van der Waals surface area contributed by atoms with Crippen molar-refractivity contribution in [1.29, 1.82) is 0 Å². The molecular weight excluding hydrogens is 318 g/mol. The fourth-order valence-corrected chi connectivity index (χ4v) is 2.82. The summed E-state index contributed by atoms with van der Waals surface area (Å²) >= 11 is 0. The van der Waals surface area contributed by atoms with Gasteiger partial charge in [0.1, 0.15) is 19.0 Å². The number of carbonyl (C=O) groups is 1. The summed E-state index contributed by atoms with van der Waals surface area (Å²) in [5, 5.41) is 0. The first-order chi connectivity index (χ1) is 12.1. The summed E-state index contributed by atoms with van der Waals surface area (Å²) in [5.74, 6) is 1.72. The first-order valence-electron chi connectivity index (χ1n) is 8.55. The van der Waals surface area contributed by atoms with Gasteiger partial charge in [0.25, 0.3) is 0 Å². The SMILES string of the molecule is CCCC(Oc1ccc(C)cc1N)C(=O)c1ccc2c(c1)OCCO2. The number of aryl methyl sites for hydroxylation is 1. The molecule has 0 saturated carbocycles. The molecule has 132 valence electrons. The lowest BCUT2D eigenvalue weighted by Gasteiger charge is -2.21. The maximum absolute atomic E-state index is 12.9. The standard InChI is InChI=1S/C20H23NO4/c1-3-4-18(25-16-7-5-13(2)11-15(16)21)20(22)14-6-8-17-19(12-14)24-10-9-23-17/h5-8,11-12,18H,3-4,9-10,21H2,1-2H3. The monoisotopic (exact) mass is 341 g/mol. The molecule has 2 aromatic carbocycles. The zero-order chi connectivity index (χ0) is 17.8. The quantitative estimate of drug-likeness (QED) is 0.639. The van der Waals surface area contributed by atoms with Crippen LogP contribution in [0, 0.1) is 6.92 Å². The van der Waals surface area contributed by atoms with E-state index < -0.39 is 6.10 Å². The normalized spacial score (nSPS) is 14.0. The predicted octanol–water partition coefficient (Wildman–Crippen LogP) is 3.78. The second-order valence-electron chi connectivity index (χ2n) is 6.16. The Kier molecular flexibility index (Phi) is 5.12. The van der Waals surface area contributed by atoms with Gasteiger partial charge >= 0.3 is 0 Å². The molecule has 1 unspecified atom stereocenters. The van der Waals surface area contributed by atoms with Gasteiger partial charge in [0.05, 0.1) is 5.69 Å². The first-order valence-corrected chi connectivity index (χ1v) is 8.55. The van der Waals surface area contributed by atoms with Gasteiger partial charge in [-0.3, -0.25) is 4.79 Å². The van der Waals surface area contributed by atoms with E-state index in [0.717, 1.165) is 12.0 Å². The van der Waals surface area contributed by atoms with Crippen molar-refractivity contribution in [3.05, 3.63) is 47.5 Å². The highest BCUT2D eigenvalue weighted by atomic mass is 16.6. The molecular formula is C20H23NO4. The molecule has 0 aliphatic carbocycles. The molecule has 5 heteroatoms. The van der Waals surface area contributed by atoms with Crippen molar-refractivity contribution in [2.24, 2.45) is 0 Å². The number of anilines is 1. The molecule has 1 heterocycles. The van der Waals surface area contributed by atoms with Gasteiger partial charge in [-0.2, -0.15) is 0 Å². The number of hydrogen-bond acceptors (Lipinski definition) is 5. The van der Waals surface area contributed by atoms with E-state index in [1.807, 2.05) is 32.0 Å². The molecule has 3 rings (SSSR count). The number of hydrogen-bond donors (Lipinski definition) is 1. The summed E-state index contributed by atoms with van der Waals surface area (Å²) < 4.78 is 17.0. The largest absolute Gasteiger partial charge is 0.486 e. The summed E-state index contributed by atoms with van der Waals surface area (Å²) in [4.78, 5) is 12.9. The summed E-state index contributed by atoms with van der Waals surface area (Å²) in [7, 11) is 0. The highest BCUT2D eigenvalue weighted by molar-refractivity contribution is 6.00. The lowest BCUT2D eigenvalue weighted by atomic mass is 10.0.